The maximum absolute atomic E-state index is 6.07. The summed E-state index contributed by atoms with van der Waals surface area (Å²) >= 11 is 6.07. The van der Waals surface area contributed by atoms with E-state index in [1.165, 1.54) is 11.1 Å². The molecule has 98 valence electrons. The first-order valence-corrected chi connectivity index (χ1v) is 7.15. The van der Waals surface area contributed by atoms with Crippen molar-refractivity contribution in [3.8, 4) is 0 Å². The molecule has 1 unspecified atom stereocenters. The number of imidazole rings is 1. The monoisotopic (exact) mass is 264 g/mol. The fraction of sp³-hybridized carbons (Fsp3) is 0.533. The van der Waals surface area contributed by atoms with Crippen molar-refractivity contribution in [3.05, 3.63) is 29.6 Å². The molecule has 2 rings (SSSR count). The number of hydrogen-bond acceptors (Lipinski definition) is 1. The molecule has 0 aliphatic carbocycles. The molecule has 0 spiro atoms. The molecular formula is C15H21ClN2. The first kappa shape index (κ1) is 13.4. The van der Waals surface area contributed by atoms with Gasteiger partial charge in [-0.15, -0.1) is 11.6 Å². The summed E-state index contributed by atoms with van der Waals surface area (Å²) in [6.45, 7) is 8.86. The molecule has 0 aliphatic heterocycles. The van der Waals surface area contributed by atoms with Gasteiger partial charge in [-0.2, -0.15) is 0 Å². The highest BCUT2D eigenvalue weighted by atomic mass is 35.5. The second-order valence-electron chi connectivity index (χ2n) is 5.24. The van der Waals surface area contributed by atoms with Gasteiger partial charge in [0, 0.05) is 6.04 Å². The molecule has 1 aromatic carbocycles. The van der Waals surface area contributed by atoms with Crippen molar-refractivity contribution in [2.24, 2.45) is 5.92 Å². The summed E-state index contributed by atoms with van der Waals surface area (Å²) in [5.74, 6) is 2.03. The number of rotatable bonds is 4. The van der Waals surface area contributed by atoms with Crippen LogP contribution in [0.1, 0.15) is 44.6 Å². The summed E-state index contributed by atoms with van der Waals surface area (Å²) in [6.07, 6.45) is 1.10. The van der Waals surface area contributed by atoms with Crippen LogP contribution in [-0.4, -0.2) is 9.55 Å². The average molecular weight is 265 g/mol. The standard InChI is InChI=1S/C15H21ClN2/c1-5-13(10(2)3)18-14-8-11(4)6-7-12(14)17-15(18)9-16/h6-8,10,13H,5,9H2,1-4H3. The van der Waals surface area contributed by atoms with Crippen LogP contribution in [0.2, 0.25) is 0 Å². The third-order valence-electron chi connectivity index (χ3n) is 3.56. The van der Waals surface area contributed by atoms with Crippen molar-refractivity contribution < 1.29 is 0 Å². The molecular weight excluding hydrogens is 244 g/mol. The molecule has 3 heteroatoms. The second kappa shape index (κ2) is 5.31. The van der Waals surface area contributed by atoms with E-state index in [9.17, 15) is 0 Å². The van der Waals surface area contributed by atoms with Gasteiger partial charge in [-0.25, -0.2) is 4.98 Å². The molecule has 0 saturated carbocycles. The van der Waals surface area contributed by atoms with Crippen LogP contribution in [-0.2, 0) is 5.88 Å². The summed E-state index contributed by atoms with van der Waals surface area (Å²) in [6, 6.07) is 6.87. The molecule has 18 heavy (non-hydrogen) atoms. The van der Waals surface area contributed by atoms with Gasteiger partial charge >= 0.3 is 0 Å². The molecule has 2 aromatic rings. The van der Waals surface area contributed by atoms with Crippen LogP contribution in [0.25, 0.3) is 11.0 Å². The zero-order chi connectivity index (χ0) is 13.3. The number of hydrogen-bond donors (Lipinski definition) is 0. The maximum Gasteiger partial charge on any atom is 0.125 e. The number of benzene rings is 1. The van der Waals surface area contributed by atoms with Gasteiger partial charge in [0.15, 0.2) is 0 Å². The van der Waals surface area contributed by atoms with Crippen molar-refractivity contribution in [2.75, 3.05) is 0 Å². The minimum Gasteiger partial charge on any atom is -0.324 e. The minimum absolute atomic E-state index is 0.463. The van der Waals surface area contributed by atoms with Crippen molar-refractivity contribution in [2.45, 2.75) is 46.0 Å². The highest BCUT2D eigenvalue weighted by Gasteiger charge is 2.20. The lowest BCUT2D eigenvalue weighted by Gasteiger charge is -2.23. The third kappa shape index (κ3) is 2.26. The van der Waals surface area contributed by atoms with Crippen molar-refractivity contribution in [3.63, 3.8) is 0 Å². The third-order valence-corrected chi connectivity index (χ3v) is 3.80. The van der Waals surface area contributed by atoms with E-state index in [0.29, 0.717) is 17.8 Å². The van der Waals surface area contributed by atoms with Gasteiger partial charge in [-0.3, -0.25) is 0 Å². The molecule has 0 radical (unpaired) electrons. The second-order valence-corrected chi connectivity index (χ2v) is 5.51. The Morgan fingerprint density at radius 3 is 2.61 bits per heavy atom. The highest BCUT2D eigenvalue weighted by molar-refractivity contribution is 6.16. The SMILES string of the molecule is CCC(C(C)C)n1c(CCl)nc2ccc(C)cc21. The van der Waals surface area contributed by atoms with Crippen LogP contribution in [0.5, 0.6) is 0 Å². The molecule has 0 fully saturated rings. The van der Waals surface area contributed by atoms with E-state index >= 15 is 0 Å². The van der Waals surface area contributed by atoms with Crippen LogP contribution >= 0.6 is 11.6 Å². The van der Waals surface area contributed by atoms with Crippen LogP contribution in [0.3, 0.4) is 0 Å². The molecule has 0 aliphatic rings. The van der Waals surface area contributed by atoms with Gasteiger partial charge in [-0.1, -0.05) is 26.8 Å². The summed E-state index contributed by atoms with van der Waals surface area (Å²) in [5, 5.41) is 0. The van der Waals surface area contributed by atoms with Gasteiger partial charge in [0.2, 0.25) is 0 Å². The minimum atomic E-state index is 0.463. The van der Waals surface area contributed by atoms with Gasteiger partial charge in [0.25, 0.3) is 0 Å². The summed E-state index contributed by atoms with van der Waals surface area (Å²) < 4.78 is 2.33. The summed E-state index contributed by atoms with van der Waals surface area (Å²) in [7, 11) is 0. The zero-order valence-corrected chi connectivity index (χ0v) is 12.3. The Morgan fingerprint density at radius 1 is 1.33 bits per heavy atom. The first-order chi connectivity index (χ1) is 8.58. The Morgan fingerprint density at radius 2 is 2.06 bits per heavy atom. The van der Waals surface area contributed by atoms with Gasteiger partial charge in [0.05, 0.1) is 16.9 Å². The predicted octanol–water partition coefficient (Wildman–Crippen LogP) is 4.69. The number of fused-ring (bicyclic) bond motifs is 1. The normalized spacial score (nSPS) is 13.4. The highest BCUT2D eigenvalue weighted by Crippen LogP contribution is 2.29. The lowest BCUT2D eigenvalue weighted by atomic mass is 10.0. The van der Waals surface area contributed by atoms with E-state index in [2.05, 4.69) is 55.4 Å². The first-order valence-electron chi connectivity index (χ1n) is 6.61. The fourth-order valence-electron chi connectivity index (χ4n) is 2.67. The van der Waals surface area contributed by atoms with E-state index in [-0.39, 0.29) is 0 Å². The number of halogens is 1. The Hall–Kier alpha value is -1.02. The van der Waals surface area contributed by atoms with E-state index in [4.69, 9.17) is 11.6 Å². The largest absolute Gasteiger partial charge is 0.324 e. The van der Waals surface area contributed by atoms with Crippen LogP contribution < -0.4 is 0 Å². The lowest BCUT2D eigenvalue weighted by molar-refractivity contribution is 0.367. The van der Waals surface area contributed by atoms with E-state index in [1.54, 1.807) is 0 Å². The van der Waals surface area contributed by atoms with E-state index < -0.39 is 0 Å². The lowest BCUT2D eigenvalue weighted by Crippen LogP contribution is -2.16. The van der Waals surface area contributed by atoms with Crippen molar-refractivity contribution in [1.82, 2.24) is 9.55 Å². The molecule has 0 bridgehead atoms. The van der Waals surface area contributed by atoms with Gasteiger partial charge < -0.3 is 4.57 Å². The Kier molecular flexibility index (Phi) is 3.96. The smallest absolute Gasteiger partial charge is 0.125 e. The van der Waals surface area contributed by atoms with Crippen molar-refractivity contribution >= 4 is 22.6 Å². The fourth-order valence-corrected chi connectivity index (χ4v) is 2.86. The Balaban J connectivity index is 2.68. The summed E-state index contributed by atoms with van der Waals surface area (Å²) in [4.78, 5) is 4.65. The average Bonchev–Trinajstić information content (AvgIpc) is 2.68. The quantitative estimate of drug-likeness (QED) is 0.733. The van der Waals surface area contributed by atoms with Crippen LogP contribution in [0.15, 0.2) is 18.2 Å². The molecule has 0 N–H and O–H groups in total. The molecule has 1 aromatic heterocycles. The number of aromatic nitrogens is 2. The zero-order valence-electron chi connectivity index (χ0n) is 11.6. The molecule has 2 nitrogen and oxygen atoms in total. The van der Waals surface area contributed by atoms with Gasteiger partial charge in [0.1, 0.15) is 5.82 Å². The predicted molar refractivity (Wildman–Crippen MR) is 78.2 cm³/mol. The van der Waals surface area contributed by atoms with Crippen LogP contribution in [0, 0.1) is 12.8 Å². The number of nitrogens with zero attached hydrogens (tertiary/aromatic N) is 2. The molecule has 0 saturated heterocycles. The topological polar surface area (TPSA) is 17.8 Å². The summed E-state index contributed by atoms with van der Waals surface area (Å²) in [5.41, 5.74) is 3.53. The Bertz CT molecular complexity index is 543. The Labute approximate surface area is 114 Å². The van der Waals surface area contributed by atoms with E-state index in [1.807, 2.05) is 0 Å². The molecule has 1 atom stereocenters. The number of alkyl halides is 1. The van der Waals surface area contributed by atoms with Gasteiger partial charge in [-0.05, 0) is 37.0 Å². The molecule has 1 heterocycles. The van der Waals surface area contributed by atoms with Crippen molar-refractivity contribution in [1.29, 1.82) is 0 Å². The van der Waals surface area contributed by atoms with Crippen LogP contribution in [0.4, 0.5) is 0 Å². The van der Waals surface area contributed by atoms with E-state index in [0.717, 1.165) is 17.8 Å². The maximum atomic E-state index is 6.07. The molecule has 0 amide bonds. The number of aryl methyl sites for hydroxylation is 1.